The largest absolute Gasteiger partial charge is 0.390 e. The molecular weight excluding hydrogens is 218 g/mol. The van der Waals surface area contributed by atoms with Crippen LogP contribution in [0.1, 0.15) is 26.2 Å². The topological polar surface area (TPSA) is 74.2 Å². The Hall–Kier alpha value is -1.54. The van der Waals surface area contributed by atoms with Crippen molar-refractivity contribution in [1.82, 2.24) is 10.6 Å². The number of carbonyl (C=O) groups is 1. The highest BCUT2D eigenvalue weighted by atomic mass is 16.5. The summed E-state index contributed by atoms with van der Waals surface area (Å²) in [6.45, 7) is 4.00. The van der Waals surface area contributed by atoms with E-state index in [1.165, 1.54) is 6.20 Å². The van der Waals surface area contributed by atoms with E-state index in [2.05, 4.69) is 10.6 Å². The Morgan fingerprint density at radius 3 is 2.76 bits per heavy atom. The van der Waals surface area contributed by atoms with Gasteiger partial charge in [0.25, 0.3) is 5.91 Å². The van der Waals surface area contributed by atoms with Crippen molar-refractivity contribution < 1.29 is 9.53 Å². The van der Waals surface area contributed by atoms with Crippen LogP contribution in [-0.2, 0) is 9.53 Å². The molecule has 0 aliphatic carbocycles. The number of ether oxygens (including phenoxy) is 1. The van der Waals surface area contributed by atoms with E-state index >= 15 is 0 Å². The average Bonchev–Trinajstić information content (AvgIpc) is 2.34. The lowest BCUT2D eigenvalue weighted by Crippen LogP contribution is -2.26. The van der Waals surface area contributed by atoms with Crippen LogP contribution in [0.2, 0.25) is 0 Å². The van der Waals surface area contributed by atoms with Crippen LogP contribution in [0.25, 0.3) is 0 Å². The van der Waals surface area contributed by atoms with Gasteiger partial charge in [-0.25, -0.2) is 0 Å². The van der Waals surface area contributed by atoms with Gasteiger partial charge in [0, 0.05) is 33.0 Å². The summed E-state index contributed by atoms with van der Waals surface area (Å²) in [7, 11) is 1.64. The number of carbonyl (C=O) groups excluding carboxylic acids is 1. The number of nitrogens with zero attached hydrogens (tertiary/aromatic N) is 1. The normalized spacial score (nSPS) is 10.8. The van der Waals surface area contributed by atoms with Crippen molar-refractivity contribution in [3.05, 3.63) is 11.8 Å². The van der Waals surface area contributed by atoms with Gasteiger partial charge in [0.15, 0.2) is 0 Å². The van der Waals surface area contributed by atoms with E-state index in [4.69, 9.17) is 10.00 Å². The van der Waals surface area contributed by atoms with Crippen LogP contribution in [0.5, 0.6) is 0 Å². The Morgan fingerprint density at radius 1 is 1.41 bits per heavy atom. The third-order valence-electron chi connectivity index (χ3n) is 2.10. The number of nitrogens with one attached hydrogen (secondary N) is 2. The van der Waals surface area contributed by atoms with Crippen molar-refractivity contribution in [1.29, 1.82) is 5.26 Å². The van der Waals surface area contributed by atoms with Crippen LogP contribution in [0.3, 0.4) is 0 Å². The van der Waals surface area contributed by atoms with Gasteiger partial charge in [-0.15, -0.1) is 0 Å². The molecule has 17 heavy (non-hydrogen) atoms. The fourth-order valence-corrected chi connectivity index (χ4v) is 1.12. The summed E-state index contributed by atoms with van der Waals surface area (Å²) >= 11 is 0. The molecule has 0 atom stereocenters. The molecule has 0 aliphatic rings. The Balaban J connectivity index is 3.91. The Kier molecular flexibility index (Phi) is 9.97. The molecule has 0 saturated heterocycles. The Bertz CT molecular complexity index is 282. The number of methoxy groups -OCH3 is 1. The molecule has 0 saturated carbocycles. The van der Waals surface area contributed by atoms with E-state index in [0.717, 1.165) is 19.3 Å². The van der Waals surface area contributed by atoms with Crippen molar-refractivity contribution in [2.75, 3.05) is 26.8 Å². The monoisotopic (exact) mass is 239 g/mol. The van der Waals surface area contributed by atoms with Gasteiger partial charge in [-0.1, -0.05) is 13.3 Å². The minimum absolute atomic E-state index is 0.110. The molecule has 0 fully saturated rings. The van der Waals surface area contributed by atoms with Crippen LogP contribution < -0.4 is 10.6 Å². The van der Waals surface area contributed by atoms with Crippen molar-refractivity contribution in [3.63, 3.8) is 0 Å². The summed E-state index contributed by atoms with van der Waals surface area (Å²) in [6.07, 6.45) is 4.23. The molecule has 2 N–H and O–H groups in total. The van der Waals surface area contributed by atoms with E-state index in [1.54, 1.807) is 7.11 Å². The van der Waals surface area contributed by atoms with Gasteiger partial charge in [-0.2, -0.15) is 5.26 Å². The van der Waals surface area contributed by atoms with Crippen molar-refractivity contribution in [2.24, 2.45) is 0 Å². The lowest BCUT2D eigenvalue weighted by Gasteiger charge is -2.04. The third kappa shape index (κ3) is 8.29. The quantitative estimate of drug-likeness (QED) is 0.357. The first kappa shape index (κ1) is 15.5. The predicted octanol–water partition coefficient (Wildman–Crippen LogP) is 0.936. The lowest BCUT2D eigenvalue weighted by atomic mass is 10.2. The molecule has 0 aliphatic heterocycles. The fourth-order valence-electron chi connectivity index (χ4n) is 1.12. The molecule has 0 heterocycles. The van der Waals surface area contributed by atoms with Crippen molar-refractivity contribution in [2.45, 2.75) is 26.2 Å². The van der Waals surface area contributed by atoms with Crippen LogP contribution >= 0.6 is 0 Å². The van der Waals surface area contributed by atoms with E-state index in [1.807, 2.05) is 13.0 Å². The molecule has 0 aromatic rings. The molecule has 1 amide bonds. The number of amides is 1. The predicted molar refractivity (Wildman–Crippen MR) is 66.1 cm³/mol. The number of rotatable bonds is 9. The first-order chi connectivity index (χ1) is 8.26. The number of hydrogen-bond donors (Lipinski definition) is 2. The number of hydrogen-bond acceptors (Lipinski definition) is 4. The van der Waals surface area contributed by atoms with Gasteiger partial charge < -0.3 is 15.4 Å². The Morgan fingerprint density at radius 2 is 2.18 bits per heavy atom. The Labute approximate surface area is 103 Å². The van der Waals surface area contributed by atoms with Gasteiger partial charge in [0.05, 0.1) is 0 Å². The summed E-state index contributed by atoms with van der Waals surface area (Å²) in [5, 5.41) is 14.4. The molecule has 0 bridgehead atoms. The second-order valence-electron chi connectivity index (χ2n) is 3.58. The molecule has 0 aromatic heterocycles. The van der Waals surface area contributed by atoms with Gasteiger partial charge in [0.2, 0.25) is 0 Å². The molecule has 0 unspecified atom stereocenters. The molecule has 0 rings (SSSR count). The highest BCUT2D eigenvalue weighted by molar-refractivity contribution is 5.97. The fraction of sp³-hybridized carbons (Fsp3) is 0.667. The third-order valence-corrected chi connectivity index (χ3v) is 2.10. The zero-order chi connectivity index (χ0) is 12.9. The SMILES string of the molecule is CCCCNC(=O)/C(C#N)=C\NCCCOC. The van der Waals surface area contributed by atoms with Crippen LogP contribution in [-0.4, -0.2) is 32.7 Å². The van der Waals surface area contributed by atoms with Crippen LogP contribution in [0, 0.1) is 11.3 Å². The van der Waals surface area contributed by atoms with Crippen LogP contribution in [0.15, 0.2) is 11.8 Å². The first-order valence-corrected chi connectivity index (χ1v) is 5.87. The minimum atomic E-state index is -0.319. The summed E-state index contributed by atoms with van der Waals surface area (Å²) < 4.78 is 4.88. The summed E-state index contributed by atoms with van der Waals surface area (Å²) in [6, 6.07) is 1.87. The van der Waals surface area contributed by atoms with E-state index in [9.17, 15) is 4.79 Å². The van der Waals surface area contributed by atoms with Gasteiger partial charge in [-0.05, 0) is 12.8 Å². The second-order valence-corrected chi connectivity index (χ2v) is 3.58. The maximum atomic E-state index is 11.5. The minimum Gasteiger partial charge on any atom is -0.390 e. The second kappa shape index (κ2) is 11.0. The number of nitriles is 1. The average molecular weight is 239 g/mol. The van der Waals surface area contributed by atoms with Gasteiger partial charge in [0.1, 0.15) is 11.6 Å². The maximum absolute atomic E-state index is 11.5. The number of unbranched alkanes of at least 4 members (excludes halogenated alkanes) is 1. The van der Waals surface area contributed by atoms with Gasteiger partial charge >= 0.3 is 0 Å². The molecule has 5 heteroatoms. The summed E-state index contributed by atoms with van der Waals surface area (Å²) in [5.41, 5.74) is 0.110. The summed E-state index contributed by atoms with van der Waals surface area (Å²) in [4.78, 5) is 11.5. The molecule has 0 spiro atoms. The molecular formula is C12H21N3O2. The molecule has 0 radical (unpaired) electrons. The molecule has 5 nitrogen and oxygen atoms in total. The maximum Gasteiger partial charge on any atom is 0.263 e. The highest BCUT2D eigenvalue weighted by Crippen LogP contribution is 1.92. The van der Waals surface area contributed by atoms with E-state index < -0.39 is 0 Å². The smallest absolute Gasteiger partial charge is 0.263 e. The molecule has 96 valence electrons. The van der Waals surface area contributed by atoms with E-state index in [-0.39, 0.29) is 11.5 Å². The summed E-state index contributed by atoms with van der Waals surface area (Å²) in [5.74, 6) is -0.319. The van der Waals surface area contributed by atoms with Crippen molar-refractivity contribution >= 4 is 5.91 Å². The first-order valence-electron chi connectivity index (χ1n) is 5.87. The standard InChI is InChI=1S/C12H21N3O2/c1-3-4-7-15-12(16)11(9-13)10-14-6-5-8-17-2/h10,14H,3-8H2,1-2H3,(H,15,16)/b11-10-. The lowest BCUT2D eigenvalue weighted by molar-refractivity contribution is -0.117. The van der Waals surface area contributed by atoms with Crippen molar-refractivity contribution in [3.8, 4) is 6.07 Å². The highest BCUT2D eigenvalue weighted by Gasteiger charge is 2.06. The van der Waals surface area contributed by atoms with E-state index in [0.29, 0.717) is 19.7 Å². The zero-order valence-electron chi connectivity index (χ0n) is 10.6. The van der Waals surface area contributed by atoms with Gasteiger partial charge in [-0.3, -0.25) is 4.79 Å². The zero-order valence-corrected chi connectivity index (χ0v) is 10.6. The molecule has 0 aromatic carbocycles. The van der Waals surface area contributed by atoms with Crippen LogP contribution in [0.4, 0.5) is 0 Å².